The topological polar surface area (TPSA) is 69.2 Å². The molecule has 0 aliphatic rings. The summed E-state index contributed by atoms with van der Waals surface area (Å²) in [6.07, 6.45) is 1.51. The molecule has 178 valence electrons. The number of nitrogens with zero attached hydrogens (tertiary/aromatic N) is 1. The molecule has 1 N–H and O–H groups in total. The predicted octanol–water partition coefficient (Wildman–Crippen LogP) is 7.27. The van der Waals surface area contributed by atoms with E-state index in [4.69, 9.17) is 37.4 Å². The summed E-state index contributed by atoms with van der Waals surface area (Å²) in [7, 11) is 1.50. The fraction of sp³-hybridized carbons (Fsp3) is 0.167. The van der Waals surface area contributed by atoms with Gasteiger partial charge < -0.3 is 14.2 Å². The van der Waals surface area contributed by atoms with Gasteiger partial charge in [0.15, 0.2) is 11.5 Å². The van der Waals surface area contributed by atoms with E-state index in [1.165, 1.54) is 13.3 Å². The van der Waals surface area contributed by atoms with Gasteiger partial charge in [0.25, 0.3) is 5.91 Å². The van der Waals surface area contributed by atoms with Crippen molar-refractivity contribution >= 4 is 67.2 Å². The predicted molar refractivity (Wildman–Crippen MR) is 142 cm³/mol. The molecule has 34 heavy (non-hydrogen) atoms. The zero-order chi connectivity index (χ0) is 24.7. The minimum atomic E-state index is -0.404. The van der Waals surface area contributed by atoms with Crippen molar-refractivity contribution in [2.75, 3.05) is 13.7 Å². The molecule has 0 saturated carbocycles. The molecule has 3 rings (SSSR count). The van der Waals surface area contributed by atoms with E-state index in [9.17, 15) is 4.79 Å². The lowest BCUT2D eigenvalue weighted by atomic mass is 10.2. The van der Waals surface area contributed by atoms with Crippen LogP contribution in [0, 0.1) is 0 Å². The second-order valence-electron chi connectivity index (χ2n) is 6.83. The molecule has 0 radical (unpaired) electrons. The molecule has 3 aromatic rings. The van der Waals surface area contributed by atoms with Crippen LogP contribution in [0.25, 0.3) is 0 Å². The maximum absolute atomic E-state index is 12.5. The number of nitrogens with one attached hydrogen (secondary N) is 1. The third-order valence-corrected chi connectivity index (χ3v) is 6.17. The van der Waals surface area contributed by atoms with E-state index in [0.29, 0.717) is 49.5 Å². The van der Waals surface area contributed by atoms with Crippen LogP contribution >= 0.6 is 55.1 Å². The van der Waals surface area contributed by atoms with Crippen molar-refractivity contribution < 1.29 is 19.0 Å². The highest BCUT2D eigenvalue weighted by Crippen LogP contribution is 2.37. The van der Waals surface area contributed by atoms with E-state index in [-0.39, 0.29) is 6.61 Å². The van der Waals surface area contributed by atoms with Gasteiger partial charge in [-0.15, -0.1) is 0 Å². The molecule has 0 bridgehead atoms. The van der Waals surface area contributed by atoms with Crippen molar-refractivity contribution in [1.82, 2.24) is 5.43 Å². The Morgan fingerprint density at radius 1 is 1.06 bits per heavy atom. The molecule has 0 atom stereocenters. The lowest BCUT2D eigenvalue weighted by Crippen LogP contribution is -2.18. The van der Waals surface area contributed by atoms with Crippen molar-refractivity contribution in [1.29, 1.82) is 0 Å². The molecule has 0 unspecified atom stereocenters. The van der Waals surface area contributed by atoms with Gasteiger partial charge in [-0.2, -0.15) is 5.10 Å². The Hall–Kier alpha value is -2.26. The van der Waals surface area contributed by atoms with E-state index < -0.39 is 5.91 Å². The van der Waals surface area contributed by atoms with Crippen LogP contribution in [0.15, 0.2) is 62.6 Å². The number of amides is 1. The van der Waals surface area contributed by atoms with Gasteiger partial charge in [-0.3, -0.25) is 4.79 Å². The zero-order valence-corrected chi connectivity index (χ0v) is 22.9. The Balaban J connectivity index is 1.76. The first-order valence-electron chi connectivity index (χ1n) is 10.0. The second kappa shape index (κ2) is 12.4. The molecular weight excluding hydrogens is 611 g/mol. The minimum Gasteiger partial charge on any atom is -0.496 e. The lowest BCUT2D eigenvalue weighted by molar-refractivity contribution is 0.0952. The number of ether oxygens (including phenoxy) is 3. The van der Waals surface area contributed by atoms with E-state index in [1.54, 1.807) is 42.5 Å². The Labute approximate surface area is 224 Å². The Bertz CT molecular complexity index is 1220. The van der Waals surface area contributed by atoms with E-state index in [0.717, 1.165) is 10.0 Å². The first-order valence-corrected chi connectivity index (χ1v) is 12.4. The normalized spacial score (nSPS) is 10.9. The third kappa shape index (κ3) is 6.88. The van der Waals surface area contributed by atoms with Crippen molar-refractivity contribution in [3.63, 3.8) is 0 Å². The van der Waals surface area contributed by atoms with Crippen LogP contribution in [0.2, 0.25) is 10.0 Å². The Morgan fingerprint density at radius 2 is 1.85 bits per heavy atom. The number of hydrogen-bond donors (Lipinski definition) is 1. The van der Waals surface area contributed by atoms with Crippen LogP contribution in [-0.2, 0) is 6.61 Å². The van der Waals surface area contributed by atoms with Crippen LogP contribution < -0.4 is 19.6 Å². The van der Waals surface area contributed by atoms with Crippen LogP contribution in [0.5, 0.6) is 17.2 Å². The fourth-order valence-corrected chi connectivity index (χ4v) is 4.34. The molecule has 0 fully saturated rings. The molecule has 0 aliphatic carbocycles. The van der Waals surface area contributed by atoms with E-state index >= 15 is 0 Å². The summed E-state index contributed by atoms with van der Waals surface area (Å²) in [5.74, 6) is 1.08. The van der Waals surface area contributed by atoms with Crippen LogP contribution in [0.1, 0.15) is 28.4 Å². The number of halogens is 4. The van der Waals surface area contributed by atoms with Gasteiger partial charge in [0.2, 0.25) is 0 Å². The number of hydrazone groups is 1. The Morgan fingerprint density at radius 3 is 2.56 bits per heavy atom. The second-order valence-corrected chi connectivity index (χ2v) is 9.44. The van der Waals surface area contributed by atoms with E-state index in [1.807, 2.05) is 13.0 Å². The monoisotopic (exact) mass is 628 g/mol. The van der Waals surface area contributed by atoms with Crippen molar-refractivity contribution in [3.8, 4) is 17.2 Å². The molecule has 0 saturated heterocycles. The summed E-state index contributed by atoms with van der Waals surface area (Å²) in [6, 6.07) is 13.9. The van der Waals surface area contributed by atoms with Crippen LogP contribution in [-0.4, -0.2) is 25.8 Å². The molecule has 3 aromatic carbocycles. The number of hydrogen-bond acceptors (Lipinski definition) is 5. The van der Waals surface area contributed by atoms with Gasteiger partial charge in [0.05, 0.1) is 30.0 Å². The average molecular weight is 631 g/mol. The van der Waals surface area contributed by atoms with Gasteiger partial charge in [0.1, 0.15) is 12.4 Å². The molecule has 0 aromatic heterocycles. The maximum Gasteiger partial charge on any atom is 0.275 e. The van der Waals surface area contributed by atoms with Crippen molar-refractivity contribution in [2.45, 2.75) is 13.5 Å². The van der Waals surface area contributed by atoms with Gasteiger partial charge in [0, 0.05) is 20.1 Å². The number of carbonyl (C=O) groups excluding carboxylic acids is 1. The minimum absolute atomic E-state index is 0.229. The summed E-state index contributed by atoms with van der Waals surface area (Å²) in [6.45, 7) is 2.54. The average Bonchev–Trinajstić information content (AvgIpc) is 2.79. The smallest absolute Gasteiger partial charge is 0.275 e. The molecule has 0 aliphatic heterocycles. The SMILES string of the molecule is CCOc1cc(/C=N\NC(=O)c2cc(Br)ccc2OC)cc(Br)c1OCc1ccc(Cl)cc1Cl. The summed E-state index contributed by atoms with van der Waals surface area (Å²) >= 11 is 19.1. The zero-order valence-electron chi connectivity index (χ0n) is 18.2. The summed E-state index contributed by atoms with van der Waals surface area (Å²) in [5, 5.41) is 5.14. The molecule has 0 spiro atoms. The number of methoxy groups -OCH3 is 1. The molecule has 6 nitrogen and oxygen atoms in total. The standard InChI is InChI=1S/C24H20Br2Cl2N2O4/c1-3-33-22-9-14(12-29-30-24(31)18-10-16(25)5-7-21(18)32-2)8-19(26)23(22)34-13-15-4-6-17(27)11-20(15)28/h4-12H,3,13H2,1-2H3,(H,30,31)/b29-12-. The highest BCUT2D eigenvalue weighted by molar-refractivity contribution is 9.10. The first kappa shape index (κ1) is 26.3. The third-order valence-electron chi connectivity index (χ3n) is 4.50. The van der Waals surface area contributed by atoms with Gasteiger partial charge in [-0.25, -0.2) is 5.43 Å². The molecule has 1 amide bonds. The quantitative estimate of drug-likeness (QED) is 0.199. The largest absolute Gasteiger partial charge is 0.496 e. The molecular formula is C24H20Br2Cl2N2O4. The molecule has 0 heterocycles. The van der Waals surface area contributed by atoms with Gasteiger partial charge >= 0.3 is 0 Å². The maximum atomic E-state index is 12.5. The number of rotatable bonds is 9. The van der Waals surface area contributed by atoms with Crippen LogP contribution in [0.4, 0.5) is 0 Å². The van der Waals surface area contributed by atoms with Crippen molar-refractivity contribution in [3.05, 3.63) is 84.2 Å². The van der Waals surface area contributed by atoms with Gasteiger partial charge in [-0.1, -0.05) is 45.2 Å². The summed E-state index contributed by atoms with van der Waals surface area (Å²) in [5.41, 5.74) is 4.34. The highest BCUT2D eigenvalue weighted by Gasteiger charge is 2.14. The number of benzene rings is 3. The van der Waals surface area contributed by atoms with Crippen LogP contribution in [0.3, 0.4) is 0 Å². The highest BCUT2D eigenvalue weighted by atomic mass is 79.9. The summed E-state index contributed by atoms with van der Waals surface area (Å²) in [4.78, 5) is 12.5. The first-order chi connectivity index (χ1) is 16.3. The van der Waals surface area contributed by atoms with Crippen molar-refractivity contribution in [2.24, 2.45) is 5.10 Å². The Kier molecular flexibility index (Phi) is 9.64. The fourth-order valence-electron chi connectivity index (χ4n) is 2.94. The molecule has 10 heteroatoms. The summed E-state index contributed by atoms with van der Waals surface area (Å²) < 4.78 is 18.4. The number of carbonyl (C=O) groups is 1. The van der Waals surface area contributed by atoms with E-state index in [2.05, 4.69) is 42.4 Å². The van der Waals surface area contributed by atoms with Gasteiger partial charge in [-0.05, 0) is 70.9 Å². The lowest BCUT2D eigenvalue weighted by Gasteiger charge is -2.15.